The molecule has 1 N–H and O–H groups in total. The summed E-state index contributed by atoms with van der Waals surface area (Å²) in [6.45, 7) is 9.01. The topological polar surface area (TPSA) is 115 Å². The Bertz CT molecular complexity index is 1720. The molecule has 2 aromatic carbocycles. The molecule has 0 unspecified atom stereocenters. The minimum absolute atomic E-state index is 0.0836. The first-order valence-electron chi connectivity index (χ1n) is 14.0. The second-order valence-corrected chi connectivity index (χ2v) is 13.5. The van der Waals surface area contributed by atoms with E-state index in [4.69, 9.17) is 9.47 Å². The lowest BCUT2D eigenvalue weighted by atomic mass is 9.86. The largest absolute Gasteiger partial charge is 0.462 e. The Balaban J connectivity index is 0.000000326. The van der Waals surface area contributed by atoms with Crippen LogP contribution in [0.5, 0.6) is 0 Å². The monoisotopic (exact) mass is 870 g/mol. The lowest BCUT2D eigenvalue weighted by Crippen LogP contribution is -2.31. The van der Waals surface area contributed by atoms with E-state index in [1.54, 1.807) is 77.7 Å². The van der Waals surface area contributed by atoms with Crippen LogP contribution in [0.1, 0.15) is 61.4 Å². The molecule has 0 saturated heterocycles. The molecule has 1 aromatic heterocycles. The zero-order valence-corrected chi connectivity index (χ0v) is 30.7. The van der Waals surface area contributed by atoms with E-state index >= 15 is 0 Å². The predicted molar refractivity (Wildman–Crippen MR) is 184 cm³/mol. The normalized spacial score (nSPS) is 12.2. The van der Waals surface area contributed by atoms with Gasteiger partial charge in [0, 0.05) is 45.1 Å². The Morgan fingerprint density at radius 1 is 0.935 bits per heavy atom. The number of aliphatic hydroxyl groups excluding tert-OH is 1. The van der Waals surface area contributed by atoms with Gasteiger partial charge < -0.3 is 24.0 Å². The molecule has 0 spiro atoms. The fraction of sp³-hybridized carbons (Fsp3) is 0.375. The minimum atomic E-state index is -1.02. The maximum Gasteiger partial charge on any atom is 0.343 e. The van der Waals surface area contributed by atoms with Gasteiger partial charge in [0.15, 0.2) is 0 Å². The molecule has 46 heavy (non-hydrogen) atoms. The van der Waals surface area contributed by atoms with E-state index < -0.39 is 46.6 Å². The molecule has 9 nitrogen and oxygen atoms in total. The molecule has 1 heterocycles. The highest BCUT2D eigenvalue weighted by Gasteiger charge is 2.29. The maximum absolute atomic E-state index is 14.1. The number of rotatable bonds is 9. The van der Waals surface area contributed by atoms with Crippen molar-refractivity contribution in [1.29, 1.82) is 0 Å². The molecular formula is C32H35F3I2N2O7. The number of ketones is 1. The SMILES string of the molecule is CCOC(=O)C(=CN(C)C)C(=O)c1cc(I)c(F)cc1F.CCOC(=O)c1cn([C@H](CO)C(C)(C)C)c2cc(F)c(I)cc2c1=O. The van der Waals surface area contributed by atoms with Crippen LogP contribution in [0.25, 0.3) is 10.9 Å². The highest BCUT2D eigenvalue weighted by atomic mass is 127. The van der Waals surface area contributed by atoms with Crippen LogP contribution in [0.15, 0.2) is 47.0 Å². The average molecular weight is 870 g/mol. The average Bonchev–Trinajstić information content (AvgIpc) is 2.95. The number of aliphatic hydroxyl groups is 1. The van der Waals surface area contributed by atoms with Gasteiger partial charge in [-0.05, 0) is 82.6 Å². The van der Waals surface area contributed by atoms with Crippen LogP contribution in [-0.4, -0.2) is 66.2 Å². The number of halogens is 5. The standard InChI is InChI=1S/C18H21FINO4.C14H14F2INO3/c1-5-25-17(24)11-8-21(15(9-22)18(2,3)4)14-7-12(19)13(20)6-10(14)16(11)23;1-4-21-14(20)9(7-18(2)3)13(19)8-5-12(17)11(16)6-10(8)15/h6-8,15,22H,5,9H2,1-4H3;5-7H,4H2,1-3H3/t15-;/m1./s1. The number of ether oxygens (including phenoxy) is 2. The Morgan fingerprint density at radius 3 is 2.02 bits per heavy atom. The van der Waals surface area contributed by atoms with E-state index in [-0.39, 0.29) is 54.5 Å². The van der Waals surface area contributed by atoms with Crippen molar-refractivity contribution in [2.24, 2.45) is 5.41 Å². The third-order valence-corrected chi connectivity index (χ3v) is 8.11. The molecule has 0 aliphatic carbocycles. The van der Waals surface area contributed by atoms with Gasteiger partial charge in [-0.3, -0.25) is 9.59 Å². The second-order valence-electron chi connectivity index (χ2n) is 11.1. The summed E-state index contributed by atoms with van der Waals surface area (Å²) in [4.78, 5) is 50.5. The van der Waals surface area contributed by atoms with Crippen molar-refractivity contribution in [3.8, 4) is 0 Å². The molecule has 0 saturated carbocycles. The first-order chi connectivity index (χ1) is 21.4. The number of carbonyl (C=O) groups is 3. The van der Waals surface area contributed by atoms with Crippen molar-refractivity contribution < 1.29 is 42.1 Å². The number of aromatic nitrogens is 1. The van der Waals surface area contributed by atoms with Crippen LogP contribution in [0, 0.1) is 30.0 Å². The van der Waals surface area contributed by atoms with Crippen LogP contribution in [0.2, 0.25) is 0 Å². The zero-order chi connectivity index (χ0) is 35.1. The number of nitrogens with zero attached hydrogens (tertiary/aromatic N) is 2. The molecule has 14 heteroatoms. The van der Waals surface area contributed by atoms with Gasteiger partial charge in [0.05, 0.1) is 36.9 Å². The van der Waals surface area contributed by atoms with Crippen LogP contribution in [-0.2, 0) is 14.3 Å². The summed E-state index contributed by atoms with van der Waals surface area (Å²) in [6, 6.07) is 3.92. The summed E-state index contributed by atoms with van der Waals surface area (Å²) in [5, 5.41) is 10.1. The summed E-state index contributed by atoms with van der Waals surface area (Å²) in [6.07, 6.45) is 2.61. The minimum Gasteiger partial charge on any atom is -0.462 e. The van der Waals surface area contributed by atoms with E-state index in [1.807, 2.05) is 20.8 Å². The lowest BCUT2D eigenvalue weighted by molar-refractivity contribution is -0.138. The molecule has 250 valence electrons. The lowest BCUT2D eigenvalue weighted by Gasteiger charge is -2.33. The highest BCUT2D eigenvalue weighted by molar-refractivity contribution is 14.1. The number of pyridine rings is 1. The molecule has 0 radical (unpaired) electrons. The van der Waals surface area contributed by atoms with Gasteiger partial charge >= 0.3 is 11.9 Å². The van der Waals surface area contributed by atoms with Crippen molar-refractivity contribution in [2.75, 3.05) is 33.9 Å². The van der Waals surface area contributed by atoms with E-state index in [2.05, 4.69) is 0 Å². The fourth-order valence-corrected chi connectivity index (χ4v) is 5.18. The smallest absolute Gasteiger partial charge is 0.343 e. The third-order valence-electron chi connectivity index (χ3n) is 6.46. The van der Waals surface area contributed by atoms with Crippen molar-refractivity contribution in [3.05, 3.63) is 88.2 Å². The van der Waals surface area contributed by atoms with Crippen LogP contribution in [0.3, 0.4) is 0 Å². The molecule has 3 aromatic rings. The van der Waals surface area contributed by atoms with E-state index in [9.17, 15) is 37.5 Å². The summed E-state index contributed by atoms with van der Waals surface area (Å²) in [5.41, 5.74) is -1.37. The number of esters is 2. The van der Waals surface area contributed by atoms with Gasteiger partial charge in [0.2, 0.25) is 11.2 Å². The molecule has 0 aliphatic heterocycles. The van der Waals surface area contributed by atoms with Gasteiger partial charge in [-0.25, -0.2) is 22.8 Å². The zero-order valence-electron chi connectivity index (χ0n) is 26.3. The Labute approximate surface area is 292 Å². The number of Topliss-reactive ketones (excluding diaryl/α,β-unsaturated/α-hetero) is 1. The maximum atomic E-state index is 14.1. The van der Waals surface area contributed by atoms with Gasteiger partial charge in [0.1, 0.15) is 28.6 Å². The van der Waals surface area contributed by atoms with Crippen molar-refractivity contribution in [3.63, 3.8) is 0 Å². The quantitative estimate of drug-likeness (QED) is 0.0510. The van der Waals surface area contributed by atoms with Crippen LogP contribution in [0.4, 0.5) is 13.2 Å². The Kier molecular flexibility index (Phi) is 14.2. The van der Waals surface area contributed by atoms with Gasteiger partial charge in [-0.1, -0.05) is 20.8 Å². The number of benzene rings is 2. The molecule has 1 atom stereocenters. The van der Waals surface area contributed by atoms with Gasteiger partial charge in [-0.15, -0.1) is 0 Å². The van der Waals surface area contributed by atoms with Crippen molar-refractivity contribution in [2.45, 2.75) is 40.7 Å². The van der Waals surface area contributed by atoms with Gasteiger partial charge in [0.25, 0.3) is 0 Å². The van der Waals surface area contributed by atoms with Crippen LogP contribution < -0.4 is 5.43 Å². The third kappa shape index (κ3) is 9.53. The van der Waals surface area contributed by atoms with E-state index in [1.165, 1.54) is 29.4 Å². The van der Waals surface area contributed by atoms with Gasteiger partial charge in [-0.2, -0.15) is 0 Å². The number of carbonyl (C=O) groups excluding carboxylic acids is 3. The van der Waals surface area contributed by atoms with Crippen molar-refractivity contribution in [1.82, 2.24) is 9.47 Å². The second kappa shape index (κ2) is 16.7. The summed E-state index contributed by atoms with van der Waals surface area (Å²) < 4.78 is 52.9. The van der Waals surface area contributed by atoms with E-state index in [0.717, 1.165) is 6.07 Å². The first kappa shape index (κ1) is 39.2. The predicted octanol–water partition coefficient (Wildman–Crippen LogP) is 6.26. The number of hydrogen-bond donors (Lipinski definition) is 1. The fourth-order valence-electron chi connectivity index (χ4n) is 4.25. The molecule has 3 rings (SSSR count). The number of hydrogen-bond acceptors (Lipinski definition) is 8. The van der Waals surface area contributed by atoms with E-state index in [0.29, 0.717) is 11.6 Å². The molecule has 0 bridgehead atoms. The molecule has 0 fully saturated rings. The van der Waals surface area contributed by atoms with Crippen molar-refractivity contribution >= 4 is 73.8 Å². The Hall–Kier alpha value is -2.99. The van der Waals surface area contributed by atoms with Crippen LogP contribution >= 0.6 is 45.2 Å². The molecular weight excluding hydrogens is 835 g/mol. The first-order valence-corrected chi connectivity index (χ1v) is 16.1. The molecule has 0 amide bonds. The summed E-state index contributed by atoms with van der Waals surface area (Å²) in [5.74, 6) is -4.68. The highest BCUT2D eigenvalue weighted by Crippen LogP contribution is 2.33. The number of fused-ring (bicyclic) bond motifs is 1. The summed E-state index contributed by atoms with van der Waals surface area (Å²) in [7, 11) is 3.22. The summed E-state index contributed by atoms with van der Waals surface area (Å²) >= 11 is 3.44. The Morgan fingerprint density at radius 2 is 1.50 bits per heavy atom. The molecule has 0 aliphatic rings.